The minimum atomic E-state index is -0.345. The van der Waals surface area contributed by atoms with Crippen LogP contribution in [0.1, 0.15) is 59.8 Å². The van der Waals surface area contributed by atoms with E-state index >= 15 is 0 Å². The van der Waals surface area contributed by atoms with Crippen molar-refractivity contribution in [1.29, 1.82) is 0 Å². The molecule has 0 saturated carbocycles. The van der Waals surface area contributed by atoms with Gasteiger partial charge < -0.3 is 9.64 Å². The Bertz CT molecular complexity index is 786. The van der Waals surface area contributed by atoms with E-state index in [4.69, 9.17) is 4.74 Å². The lowest BCUT2D eigenvalue weighted by molar-refractivity contribution is -0.129. The van der Waals surface area contributed by atoms with E-state index in [0.717, 1.165) is 30.5 Å². The predicted octanol–water partition coefficient (Wildman–Crippen LogP) is 3.53. The maximum absolute atomic E-state index is 11.8. The molecule has 1 aliphatic heterocycles. The van der Waals surface area contributed by atoms with Gasteiger partial charge in [-0.15, -0.1) is 0 Å². The monoisotopic (exact) mass is 352 g/mol. The molecule has 2 aromatic rings. The van der Waals surface area contributed by atoms with Crippen molar-refractivity contribution >= 4 is 11.9 Å². The molecule has 0 spiro atoms. The van der Waals surface area contributed by atoms with Crippen LogP contribution in [0, 0.1) is 0 Å². The van der Waals surface area contributed by atoms with Gasteiger partial charge in [-0.3, -0.25) is 9.78 Å². The Morgan fingerprint density at radius 3 is 2.65 bits per heavy atom. The number of amides is 1. The van der Waals surface area contributed by atoms with E-state index in [1.54, 1.807) is 20.0 Å². The summed E-state index contributed by atoms with van der Waals surface area (Å²) in [4.78, 5) is 29.7. The number of carbonyl (C=O) groups excluding carboxylic acids is 2. The normalized spacial score (nSPS) is 16.5. The van der Waals surface area contributed by atoms with Crippen molar-refractivity contribution in [2.24, 2.45) is 0 Å². The SMILES string of the molecule is CCOC(=O)c1cncc(Cc2ccc(C3CCCN3C(C)=O)cc2)c1. The van der Waals surface area contributed by atoms with Crippen LogP contribution in [0.2, 0.25) is 0 Å². The summed E-state index contributed by atoms with van der Waals surface area (Å²) in [5.74, 6) is -0.207. The predicted molar refractivity (Wildman–Crippen MR) is 98.8 cm³/mol. The summed E-state index contributed by atoms with van der Waals surface area (Å²) in [6.45, 7) is 4.61. The van der Waals surface area contributed by atoms with E-state index in [2.05, 4.69) is 29.2 Å². The van der Waals surface area contributed by atoms with Crippen LogP contribution in [-0.2, 0) is 16.0 Å². The summed E-state index contributed by atoms with van der Waals surface area (Å²) in [6, 6.07) is 10.4. The largest absolute Gasteiger partial charge is 0.462 e. The number of carbonyl (C=O) groups is 2. The zero-order chi connectivity index (χ0) is 18.5. The number of hydrogen-bond donors (Lipinski definition) is 0. The highest BCUT2D eigenvalue weighted by Gasteiger charge is 2.27. The number of likely N-dealkylation sites (tertiary alicyclic amines) is 1. The molecule has 3 rings (SSSR count). The third-order valence-corrected chi connectivity index (χ3v) is 4.74. The molecule has 1 unspecified atom stereocenters. The van der Waals surface area contributed by atoms with Crippen molar-refractivity contribution in [2.75, 3.05) is 13.2 Å². The van der Waals surface area contributed by atoms with Crippen molar-refractivity contribution in [3.8, 4) is 0 Å². The van der Waals surface area contributed by atoms with Gasteiger partial charge in [-0.25, -0.2) is 4.79 Å². The molecule has 26 heavy (non-hydrogen) atoms. The van der Waals surface area contributed by atoms with Gasteiger partial charge in [-0.05, 0) is 48.9 Å². The lowest BCUT2D eigenvalue weighted by Gasteiger charge is -2.23. The van der Waals surface area contributed by atoms with Crippen LogP contribution in [0.5, 0.6) is 0 Å². The number of nitrogens with zero attached hydrogens (tertiary/aromatic N) is 2. The molecule has 5 nitrogen and oxygen atoms in total. The minimum absolute atomic E-state index is 0.137. The van der Waals surface area contributed by atoms with Crippen molar-refractivity contribution in [2.45, 2.75) is 39.2 Å². The van der Waals surface area contributed by atoms with Gasteiger partial charge in [0, 0.05) is 25.9 Å². The summed E-state index contributed by atoms with van der Waals surface area (Å²) in [7, 11) is 0. The van der Waals surface area contributed by atoms with Gasteiger partial charge in [-0.1, -0.05) is 24.3 Å². The van der Waals surface area contributed by atoms with Crippen LogP contribution in [0.3, 0.4) is 0 Å². The average Bonchev–Trinajstić information content (AvgIpc) is 3.13. The highest BCUT2D eigenvalue weighted by molar-refractivity contribution is 5.89. The maximum Gasteiger partial charge on any atom is 0.339 e. The first-order valence-electron chi connectivity index (χ1n) is 9.05. The highest BCUT2D eigenvalue weighted by Crippen LogP contribution is 2.32. The summed E-state index contributed by atoms with van der Waals surface area (Å²) in [5.41, 5.74) is 3.77. The first kappa shape index (κ1) is 18.1. The molecule has 0 N–H and O–H groups in total. The van der Waals surface area contributed by atoms with Crippen molar-refractivity contribution in [3.63, 3.8) is 0 Å². The molecule has 0 radical (unpaired) electrons. The summed E-state index contributed by atoms with van der Waals surface area (Å²) in [5, 5.41) is 0. The molecular weight excluding hydrogens is 328 g/mol. The van der Waals surface area contributed by atoms with E-state index in [1.165, 1.54) is 11.8 Å². The Balaban J connectivity index is 1.71. The molecule has 1 fully saturated rings. The summed E-state index contributed by atoms with van der Waals surface area (Å²) >= 11 is 0. The molecule has 136 valence electrons. The van der Waals surface area contributed by atoms with Crippen LogP contribution < -0.4 is 0 Å². The molecule has 1 aromatic heterocycles. The fourth-order valence-electron chi connectivity index (χ4n) is 3.49. The van der Waals surface area contributed by atoms with Crippen LogP contribution in [-0.4, -0.2) is 34.9 Å². The lowest BCUT2D eigenvalue weighted by atomic mass is 9.99. The smallest absolute Gasteiger partial charge is 0.339 e. The second kappa shape index (κ2) is 8.13. The molecular formula is C21H24N2O3. The molecule has 1 aliphatic rings. The zero-order valence-corrected chi connectivity index (χ0v) is 15.3. The standard InChI is InChI=1S/C21H24N2O3/c1-3-26-21(25)19-12-17(13-22-14-19)11-16-6-8-18(9-7-16)20-5-4-10-23(20)15(2)24/h6-9,12-14,20H,3-5,10-11H2,1-2H3. The zero-order valence-electron chi connectivity index (χ0n) is 15.3. The summed E-state index contributed by atoms with van der Waals surface area (Å²) in [6.07, 6.45) is 6.07. The third-order valence-electron chi connectivity index (χ3n) is 4.74. The molecule has 1 aromatic carbocycles. The highest BCUT2D eigenvalue weighted by atomic mass is 16.5. The Kier molecular flexibility index (Phi) is 5.66. The van der Waals surface area contributed by atoms with E-state index in [9.17, 15) is 9.59 Å². The van der Waals surface area contributed by atoms with Crippen molar-refractivity contribution in [1.82, 2.24) is 9.88 Å². The average molecular weight is 352 g/mol. The fraction of sp³-hybridized carbons (Fsp3) is 0.381. The summed E-state index contributed by atoms with van der Waals surface area (Å²) < 4.78 is 5.02. The third kappa shape index (κ3) is 4.10. The van der Waals surface area contributed by atoms with Crippen LogP contribution >= 0.6 is 0 Å². The maximum atomic E-state index is 11.8. The molecule has 1 saturated heterocycles. The molecule has 0 bridgehead atoms. The van der Waals surface area contributed by atoms with E-state index in [1.807, 2.05) is 11.0 Å². The van der Waals surface area contributed by atoms with E-state index in [0.29, 0.717) is 18.6 Å². The number of rotatable bonds is 5. The van der Waals surface area contributed by atoms with E-state index in [-0.39, 0.29) is 17.9 Å². The quantitative estimate of drug-likeness (QED) is 0.773. The van der Waals surface area contributed by atoms with Gasteiger partial charge >= 0.3 is 5.97 Å². The second-order valence-corrected chi connectivity index (χ2v) is 6.59. The Labute approximate surface area is 154 Å². The van der Waals surface area contributed by atoms with Gasteiger partial charge in [0.15, 0.2) is 0 Å². The van der Waals surface area contributed by atoms with Crippen molar-refractivity contribution < 1.29 is 14.3 Å². The van der Waals surface area contributed by atoms with Crippen LogP contribution in [0.4, 0.5) is 0 Å². The number of hydrogen-bond acceptors (Lipinski definition) is 4. The van der Waals surface area contributed by atoms with Gasteiger partial charge in [0.05, 0.1) is 18.2 Å². The van der Waals surface area contributed by atoms with E-state index < -0.39 is 0 Å². The number of benzene rings is 1. The van der Waals surface area contributed by atoms with Crippen LogP contribution in [0.25, 0.3) is 0 Å². The topological polar surface area (TPSA) is 59.5 Å². The fourth-order valence-corrected chi connectivity index (χ4v) is 3.49. The molecule has 1 atom stereocenters. The van der Waals surface area contributed by atoms with Gasteiger partial charge in [0.25, 0.3) is 0 Å². The Hall–Kier alpha value is -2.69. The number of ether oxygens (including phenoxy) is 1. The number of pyridine rings is 1. The number of esters is 1. The van der Waals surface area contributed by atoms with Gasteiger partial charge in [0.1, 0.15) is 0 Å². The lowest BCUT2D eigenvalue weighted by Crippen LogP contribution is -2.27. The van der Waals surface area contributed by atoms with Gasteiger partial charge in [-0.2, -0.15) is 0 Å². The number of aromatic nitrogens is 1. The first-order chi connectivity index (χ1) is 12.6. The van der Waals surface area contributed by atoms with Gasteiger partial charge in [0.2, 0.25) is 5.91 Å². The molecule has 5 heteroatoms. The Morgan fingerprint density at radius 1 is 1.19 bits per heavy atom. The minimum Gasteiger partial charge on any atom is -0.462 e. The Morgan fingerprint density at radius 2 is 1.96 bits per heavy atom. The molecule has 1 amide bonds. The molecule has 0 aliphatic carbocycles. The van der Waals surface area contributed by atoms with Crippen molar-refractivity contribution in [3.05, 3.63) is 65.0 Å². The first-order valence-corrected chi connectivity index (χ1v) is 9.05. The molecule has 2 heterocycles. The second-order valence-electron chi connectivity index (χ2n) is 6.59. The van der Waals surface area contributed by atoms with Crippen LogP contribution in [0.15, 0.2) is 42.7 Å².